The molecule has 0 fully saturated rings. The molecular formula is C30H29N3O2. The molecule has 1 aliphatic carbocycles. The third kappa shape index (κ3) is 3.97. The molecule has 2 N–H and O–H groups in total. The molecule has 5 nitrogen and oxygen atoms in total. The highest BCUT2D eigenvalue weighted by atomic mass is 16.3. The number of aliphatic hydroxyl groups excluding tert-OH is 1. The molecule has 1 atom stereocenters. The Hall–Kier alpha value is -3.99. The predicted molar refractivity (Wildman–Crippen MR) is 139 cm³/mol. The third-order valence-corrected chi connectivity index (χ3v) is 6.90. The van der Waals surface area contributed by atoms with Crippen molar-refractivity contribution in [2.24, 2.45) is 5.41 Å². The standard InChI is InChI=1S/C30H29N3O2/c1-19-10-7-8-14-22(19)33-23-16-30(2,3)17-24(34)26(23)25(21-13-9-15-32-18-21)27(29(33)31)28(35)20-11-5-4-6-12-20/h4-15,18,25,31,35H,16-17H2,1-3H3/b28-27+,31-29?. The molecule has 0 saturated heterocycles. The number of rotatable bonds is 3. The summed E-state index contributed by atoms with van der Waals surface area (Å²) >= 11 is 0. The number of anilines is 1. The number of carbonyl (C=O) groups excluding carboxylic acids is 1. The first-order chi connectivity index (χ1) is 16.8. The van der Waals surface area contributed by atoms with Crippen LogP contribution in [0.3, 0.4) is 0 Å². The van der Waals surface area contributed by atoms with Gasteiger partial charge in [0.25, 0.3) is 0 Å². The van der Waals surface area contributed by atoms with Crippen LogP contribution in [0.5, 0.6) is 0 Å². The molecule has 0 saturated carbocycles. The van der Waals surface area contributed by atoms with Crippen LogP contribution in [0.1, 0.15) is 49.3 Å². The quantitative estimate of drug-likeness (QED) is 0.430. The Kier molecular flexibility index (Phi) is 5.64. The molecular weight excluding hydrogens is 434 g/mol. The molecule has 35 heavy (non-hydrogen) atoms. The largest absolute Gasteiger partial charge is 0.507 e. The van der Waals surface area contributed by atoms with Gasteiger partial charge in [0.05, 0.1) is 5.69 Å². The van der Waals surface area contributed by atoms with Gasteiger partial charge in [0.1, 0.15) is 11.6 Å². The van der Waals surface area contributed by atoms with Crippen molar-refractivity contribution in [1.82, 2.24) is 4.98 Å². The molecule has 3 aromatic rings. The van der Waals surface area contributed by atoms with Gasteiger partial charge >= 0.3 is 0 Å². The second-order valence-electron chi connectivity index (χ2n) is 10.1. The summed E-state index contributed by atoms with van der Waals surface area (Å²) in [7, 11) is 0. The smallest absolute Gasteiger partial charge is 0.162 e. The van der Waals surface area contributed by atoms with Crippen LogP contribution >= 0.6 is 0 Å². The number of hydrogen-bond donors (Lipinski definition) is 2. The summed E-state index contributed by atoms with van der Waals surface area (Å²) < 4.78 is 0. The lowest BCUT2D eigenvalue weighted by Crippen LogP contribution is -2.45. The van der Waals surface area contributed by atoms with Crippen LogP contribution in [-0.4, -0.2) is 21.7 Å². The van der Waals surface area contributed by atoms with Crippen molar-refractivity contribution in [2.75, 3.05) is 4.90 Å². The first kappa shape index (κ1) is 22.8. The van der Waals surface area contributed by atoms with Crippen LogP contribution in [0.2, 0.25) is 0 Å². The maximum Gasteiger partial charge on any atom is 0.162 e. The zero-order valence-electron chi connectivity index (χ0n) is 20.2. The van der Waals surface area contributed by atoms with Crippen molar-refractivity contribution in [3.8, 4) is 0 Å². The number of aromatic nitrogens is 1. The summed E-state index contributed by atoms with van der Waals surface area (Å²) in [4.78, 5) is 20.0. The topological polar surface area (TPSA) is 77.3 Å². The number of para-hydroxylation sites is 1. The number of aryl methyl sites for hydroxylation is 1. The molecule has 1 unspecified atom stereocenters. The van der Waals surface area contributed by atoms with E-state index in [9.17, 15) is 15.3 Å². The van der Waals surface area contributed by atoms with Crippen LogP contribution < -0.4 is 4.90 Å². The number of hydrogen-bond acceptors (Lipinski definition) is 4. The minimum Gasteiger partial charge on any atom is -0.507 e. The van der Waals surface area contributed by atoms with E-state index in [0.717, 1.165) is 22.5 Å². The summed E-state index contributed by atoms with van der Waals surface area (Å²) in [5, 5.41) is 21.1. The highest BCUT2D eigenvalue weighted by Gasteiger charge is 2.47. The van der Waals surface area contributed by atoms with E-state index in [1.54, 1.807) is 12.4 Å². The first-order valence-electron chi connectivity index (χ1n) is 11.9. The second kappa shape index (κ2) is 8.66. The van der Waals surface area contributed by atoms with Gasteiger partial charge in [-0.15, -0.1) is 0 Å². The lowest BCUT2D eigenvalue weighted by Gasteiger charge is -2.45. The average Bonchev–Trinajstić information content (AvgIpc) is 2.84. The van der Waals surface area contributed by atoms with Gasteiger partial charge in [-0.25, -0.2) is 0 Å². The maximum absolute atomic E-state index is 13.8. The molecule has 176 valence electrons. The number of nitrogens with one attached hydrogen (secondary N) is 1. The Labute approximate surface area is 206 Å². The fourth-order valence-corrected chi connectivity index (χ4v) is 5.33. The SMILES string of the molecule is Cc1ccccc1N1C(=N)/C(=C(/O)c2ccccc2)C(c2cccnc2)C2=C1CC(C)(C)CC2=O. The van der Waals surface area contributed by atoms with Crippen LogP contribution in [0, 0.1) is 17.7 Å². The average molecular weight is 464 g/mol. The van der Waals surface area contributed by atoms with Crippen molar-refractivity contribution >= 4 is 23.1 Å². The van der Waals surface area contributed by atoms with Crippen molar-refractivity contribution in [1.29, 1.82) is 5.41 Å². The van der Waals surface area contributed by atoms with E-state index in [2.05, 4.69) is 18.8 Å². The summed E-state index contributed by atoms with van der Waals surface area (Å²) in [5.41, 5.74) is 4.91. The molecule has 0 radical (unpaired) electrons. The molecule has 0 spiro atoms. The lowest BCUT2D eigenvalue weighted by molar-refractivity contribution is -0.118. The van der Waals surface area contributed by atoms with E-state index in [1.165, 1.54) is 0 Å². The summed E-state index contributed by atoms with van der Waals surface area (Å²) in [6.07, 6.45) is 4.49. The van der Waals surface area contributed by atoms with Crippen molar-refractivity contribution in [2.45, 2.75) is 39.5 Å². The number of aliphatic hydroxyl groups is 1. The van der Waals surface area contributed by atoms with Crippen LogP contribution in [-0.2, 0) is 4.79 Å². The van der Waals surface area contributed by atoms with Gasteiger partial charge in [-0.1, -0.05) is 68.4 Å². The zero-order valence-corrected chi connectivity index (χ0v) is 20.2. The minimum absolute atomic E-state index is 0.00669. The van der Waals surface area contributed by atoms with Crippen LogP contribution in [0.4, 0.5) is 5.69 Å². The number of carbonyl (C=O) groups is 1. The molecule has 2 aliphatic rings. The van der Waals surface area contributed by atoms with E-state index >= 15 is 0 Å². The van der Waals surface area contributed by atoms with Gasteiger partial charge < -0.3 is 5.11 Å². The number of pyridine rings is 1. The Morgan fingerprint density at radius 1 is 1.03 bits per heavy atom. The van der Waals surface area contributed by atoms with Crippen LogP contribution in [0.15, 0.2) is 96.0 Å². The molecule has 1 aliphatic heterocycles. The Morgan fingerprint density at radius 3 is 2.43 bits per heavy atom. The monoisotopic (exact) mass is 463 g/mol. The van der Waals surface area contributed by atoms with Gasteiger partial charge in [0.15, 0.2) is 5.78 Å². The number of Topliss-reactive ketones (excluding diaryl/α,β-unsaturated/α-hetero) is 1. The fourth-order valence-electron chi connectivity index (χ4n) is 5.33. The molecule has 0 bridgehead atoms. The Balaban J connectivity index is 1.87. The summed E-state index contributed by atoms with van der Waals surface area (Å²) in [6, 6.07) is 20.9. The number of benzene rings is 2. The highest BCUT2D eigenvalue weighted by Crippen LogP contribution is 2.51. The van der Waals surface area contributed by atoms with E-state index < -0.39 is 5.92 Å². The Morgan fingerprint density at radius 2 is 1.74 bits per heavy atom. The minimum atomic E-state index is -0.574. The normalized spacial score (nSPS) is 21.1. The molecule has 2 aromatic carbocycles. The lowest BCUT2D eigenvalue weighted by atomic mass is 9.67. The predicted octanol–water partition coefficient (Wildman–Crippen LogP) is 6.58. The zero-order chi connectivity index (χ0) is 24.7. The van der Waals surface area contributed by atoms with E-state index in [4.69, 9.17) is 0 Å². The van der Waals surface area contributed by atoms with E-state index in [-0.39, 0.29) is 22.8 Å². The Bertz CT molecular complexity index is 1370. The van der Waals surface area contributed by atoms with Gasteiger partial charge in [-0.2, -0.15) is 0 Å². The number of amidine groups is 1. The van der Waals surface area contributed by atoms with Gasteiger partial charge in [0.2, 0.25) is 0 Å². The van der Waals surface area contributed by atoms with E-state index in [0.29, 0.717) is 29.6 Å². The van der Waals surface area contributed by atoms with E-state index in [1.807, 2.05) is 78.6 Å². The van der Waals surface area contributed by atoms with Crippen molar-refractivity contribution < 1.29 is 9.90 Å². The molecule has 5 rings (SSSR count). The number of allylic oxidation sites excluding steroid dienone is 2. The van der Waals surface area contributed by atoms with Gasteiger partial charge in [-0.05, 0) is 42.0 Å². The molecule has 5 heteroatoms. The summed E-state index contributed by atoms with van der Waals surface area (Å²) in [5.74, 6) is -0.337. The number of nitrogens with zero attached hydrogens (tertiary/aromatic N) is 2. The third-order valence-electron chi connectivity index (χ3n) is 6.90. The van der Waals surface area contributed by atoms with Crippen molar-refractivity contribution in [3.63, 3.8) is 0 Å². The molecule has 2 heterocycles. The van der Waals surface area contributed by atoms with Gasteiger partial charge in [-0.3, -0.25) is 20.1 Å². The van der Waals surface area contributed by atoms with Gasteiger partial charge in [0, 0.05) is 47.1 Å². The molecule has 1 aromatic heterocycles. The number of ketones is 1. The van der Waals surface area contributed by atoms with Crippen molar-refractivity contribution in [3.05, 3.63) is 113 Å². The maximum atomic E-state index is 13.8. The summed E-state index contributed by atoms with van der Waals surface area (Å²) in [6.45, 7) is 6.20. The molecule has 0 amide bonds. The second-order valence-corrected chi connectivity index (χ2v) is 10.1. The fraction of sp³-hybridized carbons (Fsp3) is 0.233. The van der Waals surface area contributed by atoms with Crippen LogP contribution in [0.25, 0.3) is 5.76 Å². The highest BCUT2D eigenvalue weighted by molar-refractivity contribution is 6.20. The first-order valence-corrected chi connectivity index (χ1v) is 11.9.